The summed E-state index contributed by atoms with van der Waals surface area (Å²) >= 11 is 7.47. The number of nitrogens with one attached hydrogen (secondary N) is 3. The van der Waals surface area contributed by atoms with E-state index < -0.39 is 20.7 Å². The number of carbonyl (C=O) groups is 1. The quantitative estimate of drug-likeness (QED) is 0.370. The second-order valence-electron chi connectivity index (χ2n) is 7.50. The Morgan fingerprint density at radius 1 is 1.36 bits per heavy atom. The molecule has 1 heterocycles. The Bertz CT molecular complexity index is 995. The Kier molecular flexibility index (Phi) is 10.8. The molecule has 1 aromatic heterocycles. The van der Waals surface area contributed by atoms with Gasteiger partial charge in [-0.05, 0) is 39.1 Å². The highest BCUT2D eigenvalue weighted by molar-refractivity contribution is 7.93. The SMILES string of the molecule is CNCCN(C)[C@H]1CCCC[C@@H]1Nc1cc(F)c(S(=O)(=O)Nc2nccs2)cc1Cl.O=CO. The van der Waals surface area contributed by atoms with E-state index in [4.69, 9.17) is 21.5 Å². The van der Waals surface area contributed by atoms with Gasteiger partial charge in [-0.3, -0.25) is 9.52 Å². The molecule has 0 bridgehead atoms. The summed E-state index contributed by atoms with van der Waals surface area (Å²) in [5, 5.41) is 15.4. The smallest absolute Gasteiger partial charge is 0.290 e. The van der Waals surface area contributed by atoms with Crippen LogP contribution in [0.25, 0.3) is 0 Å². The molecule has 13 heteroatoms. The van der Waals surface area contributed by atoms with Crippen LogP contribution >= 0.6 is 22.9 Å². The fourth-order valence-electron chi connectivity index (χ4n) is 3.75. The molecule has 0 unspecified atom stereocenters. The third kappa shape index (κ3) is 7.78. The standard InChI is InChI=1S/C19H27ClFN5O2S2.CH2O2/c1-22-7-9-26(2)17-6-4-3-5-15(17)24-16-12-14(21)18(11-13(16)20)30(27,28)25-19-23-8-10-29-19;2-1-3/h8,10-12,15,17,22,24H,3-7,9H2,1-2H3,(H,23,25);1H,(H,2,3)/t15-,17-;/m0./s1. The molecule has 1 saturated carbocycles. The van der Waals surface area contributed by atoms with Crippen molar-refractivity contribution in [3.05, 3.63) is 34.5 Å². The largest absolute Gasteiger partial charge is 0.483 e. The van der Waals surface area contributed by atoms with Crippen molar-refractivity contribution >= 4 is 50.3 Å². The maximum atomic E-state index is 14.8. The molecule has 4 N–H and O–H groups in total. The van der Waals surface area contributed by atoms with Crippen LogP contribution in [-0.2, 0) is 14.8 Å². The maximum Gasteiger partial charge on any atom is 0.290 e. The van der Waals surface area contributed by atoms with Gasteiger partial charge in [-0.15, -0.1) is 11.3 Å². The van der Waals surface area contributed by atoms with Crippen LogP contribution in [0, 0.1) is 5.82 Å². The van der Waals surface area contributed by atoms with Crippen molar-refractivity contribution in [3.63, 3.8) is 0 Å². The fourth-order valence-corrected chi connectivity index (χ4v) is 5.91. The molecule has 1 aromatic carbocycles. The molecular formula is C20H29ClFN5O4S2. The van der Waals surface area contributed by atoms with Gasteiger partial charge in [0.05, 0.1) is 10.7 Å². The summed E-state index contributed by atoms with van der Waals surface area (Å²) in [4.78, 5) is 14.0. The van der Waals surface area contributed by atoms with E-state index in [2.05, 4.69) is 32.3 Å². The maximum absolute atomic E-state index is 14.8. The second-order valence-corrected chi connectivity index (χ2v) is 10.5. The predicted octanol–water partition coefficient (Wildman–Crippen LogP) is 3.31. The van der Waals surface area contributed by atoms with Crippen LogP contribution in [0.15, 0.2) is 28.6 Å². The lowest BCUT2D eigenvalue weighted by Gasteiger charge is -2.39. The van der Waals surface area contributed by atoms with Crippen molar-refractivity contribution in [3.8, 4) is 0 Å². The Labute approximate surface area is 202 Å². The monoisotopic (exact) mass is 521 g/mol. The molecule has 0 amide bonds. The highest BCUT2D eigenvalue weighted by Gasteiger charge is 2.29. The van der Waals surface area contributed by atoms with Crippen LogP contribution in [0.3, 0.4) is 0 Å². The van der Waals surface area contributed by atoms with Crippen molar-refractivity contribution < 1.29 is 22.7 Å². The Morgan fingerprint density at radius 3 is 2.70 bits per heavy atom. The van der Waals surface area contributed by atoms with Crippen LogP contribution in [0.5, 0.6) is 0 Å². The summed E-state index contributed by atoms with van der Waals surface area (Å²) in [6.07, 6.45) is 5.68. The first-order valence-electron chi connectivity index (χ1n) is 10.3. The van der Waals surface area contributed by atoms with Crippen molar-refractivity contribution in [1.29, 1.82) is 0 Å². The molecule has 2 aromatic rings. The molecule has 1 fully saturated rings. The third-order valence-electron chi connectivity index (χ3n) is 5.32. The summed E-state index contributed by atoms with van der Waals surface area (Å²) in [5.41, 5.74) is 0.404. The number of thiazole rings is 1. The van der Waals surface area contributed by atoms with Gasteiger partial charge in [0.1, 0.15) is 10.7 Å². The zero-order valence-corrected chi connectivity index (χ0v) is 20.8. The number of halogens is 2. The van der Waals surface area contributed by atoms with Crippen molar-refractivity contribution in [2.24, 2.45) is 0 Å². The number of carboxylic acid groups (broad SMARTS) is 1. The highest BCUT2D eigenvalue weighted by Crippen LogP contribution is 2.32. The molecule has 33 heavy (non-hydrogen) atoms. The Balaban J connectivity index is 0.00000122. The van der Waals surface area contributed by atoms with E-state index in [0.717, 1.165) is 62.2 Å². The first-order valence-corrected chi connectivity index (χ1v) is 13.1. The van der Waals surface area contributed by atoms with Crippen molar-refractivity contribution in [1.82, 2.24) is 15.2 Å². The predicted molar refractivity (Wildman–Crippen MR) is 129 cm³/mol. The van der Waals surface area contributed by atoms with Crippen LogP contribution in [0.4, 0.5) is 15.2 Å². The summed E-state index contributed by atoms with van der Waals surface area (Å²) < 4.78 is 42.1. The van der Waals surface area contributed by atoms with Gasteiger partial charge < -0.3 is 20.6 Å². The van der Waals surface area contributed by atoms with Gasteiger partial charge in [0.25, 0.3) is 16.5 Å². The van der Waals surface area contributed by atoms with Crippen LogP contribution in [0.2, 0.25) is 5.02 Å². The average molecular weight is 522 g/mol. The molecule has 0 radical (unpaired) electrons. The van der Waals surface area contributed by atoms with Gasteiger partial charge in [-0.1, -0.05) is 24.4 Å². The number of aromatic nitrogens is 1. The van der Waals surface area contributed by atoms with Gasteiger partial charge in [0, 0.05) is 36.8 Å². The van der Waals surface area contributed by atoms with Crippen molar-refractivity contribution in [2.75, 3.05) is 37.2 Å². The lowest BCUT2D eigenvalue weighted by atomic mass is 9.89. The molecule has 1 aliphatic carbocycles. The number of nitrogens with zero attached hydrogens (tertiary/aromatic N) is 2. The molecule has 0 aliphatic heterocycles. The van der Waals surface area contributed by atoms with Crippen molar-refractivity contribution in [2.45, 2.75) is 42.7 Å². The molecule has 0 saturated heterocycles. The van der Waals surface area contributed by atoms with E-state index in [1.807, 2.05) is 7.05 Å². The number of hydrogen-bond acceptors (Lipinski definition) is 8. The zero-order chi connectivity index (χ0) is 24.4. The van der Waals surface area contributed by atoms with E-state index in [-0.39, 0.29) is 22.7 Å². The average Bonchev–Trinajstić information content (AvgIpc) is 3.27. The molecular weight excluding hydrogens is 493 g/mol. The lowest BCUT2D eigenvalue weighted by molar-refractivity contribution is -0.122. The van der Waals surface area contributed by atoms with E-state index in [9.17, 15) is 12.8 Å². The minimum atomic E-state index is -4.13. The van der Waals surface area contributed by atoms with Gasteiger partial charge in [0.15, 0.2) is 5.13 Å². The number of hydrogen-bond donors (Lipinski definition) is 4. The molecule has 184 valence electrons. The van der Waals surface area contributed by atoms with E-state index in [1.165, 1.54) is 6.20 Å². The number of likely N-dealkylation sites (N-methyl/N-ethyl adjacent to an activating group) is 2. The number of benzene rings is 1. The van der Waals surface area contributed by atoms with Gasteiger partial charge in [0.2, 0.25) is 0 Å². The third-order valence-corrected chi connectivity index (χ3v) is 7.80. The Hall–Kier alpha value is -1.99. The molecule has 1 aliphatic rings. The van der Waals surface area contributed by atoms with Crippen LogP contribution in [0.1, 0.15) is 25.7 Å². The molecule has 9 nitrogen and oxygen atoms in total. The number of rotatable bonds is 9. The number of anilines is 2. The van der Waals surface area contributed by atoms with Gasteiger partial charge in [-0.2, -0.15) is 0 Å². The first-order chi connectivity index (χ1) is 15.7. The molecule has 3 rings (SSSR count). The minimum Gasteiger partial charge on any atom is -0.483 e. The fraction of sp³-hybridized carbons (Fsp3) is 0.500. The summed E-state index contributed by atoms with van der Waals surface area (Å²) in [6.45, 7) is 1.54. The van der Waals surface area contributed by atoms with Gasteiger partial charge >= 0.3 is 0 Å². The molecule has 0 spiro atoms. The lowest BCUT2D eigenvalue weighted by Crippen LogP contribution is -2.48. The molecule has 2 atom stereocenters. The normalized spacial score (nSPS) is 18.3. The van der Waals surface area contributed by atoms with Gasteiger partial charge in [-0.25, -0.2) is 17.8 Å². The minimum absolute atomic E-state index is 0.105. The van der Waals surface area contributed by atoms with Crippen LogP contribution < -0.4 is 15.4 Å². The van der Waals surface area contributed by atoms with E-state index in [0.29, 0.717) is 11.7 Å². The summed E-state index contributed by atoms with van der Waals surface area (Å²) in [5.74, 6) is -0.859. The Morgan fingerprint density at radius 2 is 2.06 bits per heavy atom. The topological polar surface area (TPSA) is 124 Å². The summed E-state index contributed by atoms with van der Waals surface area (Å²) in [6, 6.07) is 2.71. The second kappa shape index (κ2) is 13.0. The first kappa shape index (κ1) is 27.3. The highest BCUT2D eigenvalue weighted by atomic mass is 35.5. The summed E-state index contributed by atoms with van der Waals surface area (Å²) in [7, 11) is -0.115. The van der Waals surface area contributed by atoms with E-state index >= 15 is 0 Å². The number of sulfonamides is 1. The van der Waals surface area contributed by atoms with E-state index in [1.54, 1.807) is 5.38 Å². The van der Waals surface area contributed by atoms with Crippen LogP contribution in [-0.4, -0.2) is 69.1 Å². The zero-order valence-electron chi connectivity index (χ0n) is 18.4.